The molecule has 0 bridgehead atoms. The summed E-state index contributed by atoms with van der Waals surface area (Å²) in [5.74, 6) is 0. The van der Waals surface area contributed by atoms with Crippen molar-refractivity contribution < 1.29 is 0 Å². The van der Waals surface area contributed by atoms with Crippen molar-refractivity contribution in [3.8, 4) is 0 Å². The molecule has 10 heavy (non-hydrogen) atoms. The van der Waals surface area contributed by atoms with Gasteiger partial charge in [-0.15, -0.1) is 0 Å². The lowest BCUT2D eigenvalue weighted by atomic mass is 9.92. The zero-order chi connectivity index (χ0) is 7.99. The highest BCUT2D eigenvalue weighted by atomic mass is 14.7. The van der Waals surface area contributed by atoms with Gasteiger partial charge in [0.05, 0.1) is 0 Å². The minimum atomic E-state index is 0.460. The SMILES string of the molecule is C=C1[C@](C)(CC)[C@@]1(C)CC. The molecule has 0 aromatic rings. The first kappa shape index (κ1) is 7.84. The number of rotatable bonds is 2. The molecule has 1 aliphatic carbocycles. The molecule has 1 aliphatic rings. The van der Waals surface area contributed by atoms with Crippen molar-refractivity contribution in [3.05, 3.63) is 12.2 Å². The van der Waals surface area contributed by atoms with Gasteiger partial charge in [0.2, 0.25) is 0 Å². The summed E-state index contributed by atoms with van der Waals surface area (Å²) >= 11 is 0. The predicted octanol–water partition coefficient (Wildman–Crippen LogP) is 3.39. The van der Waals surface area contributed by atoms with Crippen LogP contribution in [-0.4, -0.2) is 0 Å². The lowest BCUT2D eigenvalue weighted by Crippen LogP contribution is -2.04. The Morgan fingerprint density at radius 3 is 1.50 bits per heavy atom. The quantitative estimate of drug-likeness (QED) is 0.513. The smallest absolute Gasteiger partial charge is 0.00250 e. The Bertz CT molecular complexity index is 151. The lowest BCUT2D eigenvalue weighted by molar-refractivity contribution is 0.367. The van der Waals surface area contributed by atoms with Crippen LogP contribution in [0.3, 0.4) is 0 Å². The zero-order valence-electron chi connectivity index (χ0n) is 7.62. The average molecular weight is 138 g/mol. The first-order valence-electron chi connectivity index (χ1n) is 4.22. The molecule has 0 amide bonds. The predicted molar refractivity (Wildman–Crippen MR) is 45.9 cm³/mol. The number of allylic oxidation sites excluding steroid dienone is 1. The summed E-state index contributed by atoms with van der Waals surface area (Å²) in [5, 5.41) is 0. The standard InChI is InChI=1S/C10H18/c1-6-9(4)8(3)10(9,5)7-2/h3,6-7H2,1-2,4-5H3/t9-,10-/m0/s1. The van der Waals surface area contributed by atoms with Crippen molar-refractivity contribution >= 4 is 0 Å². The molecule has 0 heteroatoms. The van der Waals surface area contributed by atoms with Gasteiger partial charge in [-0.3, -0.25) is 0 Å². The van der Waals surface area contributed by atoms with Gasteiger partial charge in [0.15, 0.2) is 0 Å². The third kappa shape index (κ3) is 0.574. The lowest BCUT2D eigenvalue weighted by Gasteiger charge is -2.12. The summed E-state index contributed by atoms with van der Waals surface area (Å²) in [6.45, 7) is 13.3. The molecule has 0 nitrogen and oxygen atoms in total. The summed E-state index contributed by atoms with van der Waals surface area (Å²) in [5.41, 5.74) is 2.38. The van der Waals surface area contributed by atoms with E-state index in [2.05, 4.69) is 34.3 Å². The van der Waals surface area contributed by atoms with Crippen LogP contribution in [0.1, 0.15) is 40.5 Å². The molecule has 0 aliphatic heterocycles. The van der Waals surface area contributed by atoms with E-state index < -0.39 is 0 Å². The maximum atomic E-state index is 4.11. The van der Waals surface area contributed by atoms with Crippen LogP contribution in [0.5, 0.6) is 0 Å². The molecule has 2 atom stereocenters. The number of hydrogen-bond acceptors (Lipinski definition) is 0. The van der Waals surface area contributed by atoms with Gasteiger partial charge >= 0.3 is 0 Å². The molecule has 0 saturated heterocycles. The van der Waals surface area contributed by atoms with Crippen LogP contribution < -0.4 is 0 Å². The molecular weight excluding hydrogens is 120 g/mol. The Hall–Kier alpha value is -0.260. The van der Waals surface area contributed by atoms with Crippen molar-refractivity contribution in [3.63, 3.8) is 0 Å². The van der Waals surface area contributed by atoms with Crippen molar-refractivity contribution in [2.45, 2.75) is 40.5 Å². The minimum Gasteiger partial charge on any atom is -0.0987 e. The average Bonchev–Trinajstić information content (AvgIpc) is 2.38. The van der Waals surface area contributed by atoms with Crippen LogP contribution in [0.4, 0.5) is 0 Å². The molecule has 0 aromatic heterocycles. The van der Waals surface area contributed by atoms with Gasteiger partial charge in [-0.1, -0.05) is 39.8 Å². The van der Waals surface area contributed by atoms with Gasteiger partial charge in [0, 0.05) is 0 Å². The molecule has 1 rings (SSSR count). The molecule has 0 aromatic carbocycles. The Labute approximate surface area is 64.3 Å². The normalized spacial score (nSPS) is 45.8. The molecular formula is C10H18. The van der Waals surface area contributed by atoms with E-state index in [1.807, 2.05) is 0 Å². The first-order valence-corrected chi connectivity index (χ1v) is 4.22. The monoisotopic (exact) mass is 138 g/mol. The highest BCUT2D eigenvalue weighted by molar-refractivity contribution is 5.40. The van der Waals surface area contributed by atoms with Crippen LogP contribution in [-0.2, 0) is 0 Å². The Morgan fingerprint density at radius 2 is 1.40 bits per heavy atom. The van der Waals surface area contributed by atoms with Gasteiger partial charge in [0.1, 0.15) is 0 Å². The van der Waals surface area contributed by atoms with Crippen LogP contribution in [0, 0.1) is 10.8 Å². The Kier molecular flexibility index (Phi) is 1.47. The second-order valence-corrected chi connectivity index (χ2v) is 3.85. The van der Waals surface area contributed by atoms with Crippen LogP contribution >= 0.6 is 0 Å². The Morgan fingerprint density at radius 1 is 1.10 bits per heavy atom. The van der Waals surface area contributed by atoms with E-state index in [1.54, 1.807) is 0 Å². The molecule has 0 unspecified atom stereocenters. The third-order valence-electron chi connectivity index (χ3n) is 3.90. The maximum Gasteiger partial charge on any atom is -0.00250 e. The molecule has 1 saturated carbocycles. The summed E-state index contributed by atoms with van der Waals surface area (Å²) in [4.78, 5) is 0. The second kappa shape index (κ2) is 1.87. The van der Waals surface area contributed by atoms with Crippen LogP contribution in [0.25, 0.3) is 0 Å². The van der Waals surface area contributed by atoms with Crippen molar-refractivity contribution in [1.82, 2.24) is 0 Å². The first-order chi connectivity index (χ1) is 4.53. The summed E-state index contributed by atoms with van der Waals surface area (Å²) < 4.78 is 0. The van der Waals surface area contributed by atoms with E-state index in [4.69, 9.17) is 0 Å². The largest absolute Gasteiger partial charge is 0.0987 e. The van der Waals surface area contributed by atoms with E-state index in [0.29, 0.717) is 10.8 Å². The van der Waals surface area contributed by atoms with Crippen molar-refractivity contribution in [1.29, 1.82) is 0 Å². The zero-order valence-corrected chi connectivity index (χ0v) is 7.62. The molecule has 0 heterocycles. The number of hydrogen-bond donors (Lipinski definition) is 0. The topological polar surface area (TPSA) is 0 Å². The van der Waals surface area contributed by atoms with Gasteiger partial charge in [-0.2, -0.15) is 0 Å². The summed E-state index contributed by atoms with van der Waals surface area (Å²) in [7, 11) is 0. The minimum absolute atomic E-state index is 0.460. The molecule has 0 spiro atoms. The highest BCUT2D eigenvalue weighted by Crippen LogP contribution is 2.71. The maximum absolute atomic E-state index is 4.11. The van der Waals surface area contributed by atoms with E-state index in [-0.39, 0.29) is 0 Å². The summed E-state index contributed by atoms with van der Waals surface area (Å²) in [6.07, 6.45) is 2.49. The summed E-state index contributed by atoms with van der Waals surface area (Å²) in [6, 6.07) is 0. The van der Waals surface area contributed by atoms with E-state index in [9.17, 15) is 0 Å². The molecule has 0 N–H and O–H groups in total. The second-order valence-electron chi connectivity index (χ2n) is 3.85. The van der Waals surface area contributed by atoms with E-state index in [1.165, 1.54) is 18.4 Å². The Balaban J connectivity index is 2.81. The van der Waals surface area contributed by atoms with Gasteiger partial charge < -0.3 is 0 Å². The highest BCUT2D eigenvalue weighted by Gasteiger charge is 2.62. The fraction of sp³-hybridized carbons (Fsp3) is 0.800. The third-order valence-corrected chi connectivity index (χ3v) is 3.90. The van der Waals surface area contributed by atoms with Crippen LogP contribution in [0.2, 0.25) is 0 Å². The fourth-order valence-electron chi connectivity index (χ4n) is 2.13. The fourth-order valence-corrected chi connectivity index (χ4v) is 2.13. The van der Waals surface area contributed by atoms with E-state index >= 15 is 0 Å². The van der Waals surface area contributed by atoms with Crippen molar-refractivity contribution in [2.75, 3.05) is 0 Å². The molecule has 58 valence electrons. The van der Waals surface area contributed by atoms with Crippen molar-refractivity contribution in [2.24, 2.45) is 10.8 Å². The van der Waals surface area contributed by atoms with E-state index in [0.717, 1.165) is 0 Å². The molecule has 1 fully saturated rings. The van der Waals surface area contributed by atoms with Gasteiger partial charge in [-0.05, 0) is 23.7 Å². The molecule has 0 radical (unpaired) electrons. The van der Waals surface area contributed by atoms with Gasteiger partial charge in [-0.25, -0.2) is 0 Å². The van der Waals surface area contributed by atoms with Crippen LogP contribution in [0.15, 0.2) is 12.2 Å². The van der Waals surface area contributed by atoms with Gasteiger partial charge in [0.25, 0.3) is 0 Å².